The Labute approximate surface area is 97.9 Å². The third kappa shape index (κ3) is 13.5. The van der Waals surface area contributed by atoms with Crippen molar-refractivity contribution in [3.8, 4) is 0 Å². The Bertz CT molecular complexity index is 186. The minimum Gasteiger partial charge on any atom is -1.00 e. The second-order valence-corrected chi connectivity index (χ2v) is 3.60. The van der Waals surface area contributed by atoms with Crippen molar-refractivity contribution >= 4 is 10.3 Å². The van der Waals surface area contributed by atoms with Crippen LogP contribution < -0.4 is 34.7 Å². The van der Waals surface area contributed by atoms with Crippen LogP contribution in [0.2, 0.25) is 0 Å². The van der Waals surface area contributed by atoms with Gasteiger partial charge in [-0.3, -0.25) is 4.18 Å². The van der Waals surface area contributed by atoms with E-state index in [4.69, 9.17) is 0 Å². The summed E-state index contributed by atoms with van der Waals surface area (Å²) >= 11 is 0. The molecule has 0 aromatic carbocycles. The molecule has 12 heavy (non-hydrogen) atoms. The summed E-state index contributed by atoms with van der Waals surface area (Å²) in [6, 6.07) is 0. The number of hydrogen-bond acceptors (Lipinski definition) is 3. The van der Waals surface area contributed by atoms with Gasteiger partial charge in [0, 0.05) is 0 Å². The molecule has 0 atom stereocenters. The van der Waals surface area contributed by atoms with Crippen molar-refractivity contribution in [3.63, 3.8) is 0 Å². The molecule has 0 aliphatic rings. The van der Waals surface area contributed by atoms with E-state index >= 15 is 0 Å². The predicted octanol–water partition coefficient (Wildman–Crippen LogP) is -2.10. The van der Waals surface area contributed by atoms with Crippen LogP contribution in [0.5, 0.6) is 0 Å². The molecule has 2 N–H and O–H groups in total. The van der Waals surface area contributed by atoms with Gasteiger partial charge in [-0.25, -0.2) is 5.14 Å². The van der Waals surface area contributed by atoms with Crippen LogP contribution in [0.1, 0.15) is 34.0 Å². The van der Waals surface area contributed by atoms with Crippen LogP contribution in [0, 0.1) is 0 Å². The van der Waals surface area contributed by atoms with Gasteiger partial charge < -0.3 is 1.43 Å². The summed E-state index contributed by atoms with van der Waals surface area (Å²) in [5, 5.41) is 4.60. The van der Waals surface area contributed by atoms with E-state index in [0.29, 0.717) is 0 Å². The van der Waals surface area contributed by atoms with Gasteiger partial charge in [0.1, 0.15) is 0 Å². The Kier molecular flexibility index (Phi) is 10.8. The van der Waals surface area contributed by atoms with E-state index in [9.17, 15) is 8.42 Å². The number of rotatable bonds is 6. The van der Waals surface area contributed by atoms with Gasteiger partial charge in [0.25, 0.3) is 0 Å². The van der Waals surface area contributed by atoms with Crippen LogP contribution in [-0.4, -0.2) is 15.0 Å². The minimum atomic E-state index is -3.71. The van der Waals surface area contributed by atoms with Gasteiger partial charge in [0.2, 0.25) is 0 Å². The summed E-state index contributed by atoms with van der Waals surface area (Å²) in [6.07, 6.45) is 3.97. The molecule has 0 rings (SSSR count). The summed E-state index contributed by atoms with van der Waals surface area (Å²) in [5.74, 6) is 0. The molecule has 70 valence electrons. The molecule has 0 heterocycles. The minimum absolute atomic E-state index is 0. The van der Waals surface area contributed by atoms with E-state index in [-0.39, 0.29) is 37.6 Å². The molecular weight excluding hydrogens is 189 g/mol. The summed E-state index contributed by atoms with van der Waals surface area (Å²) in [5.41, 5.74) is 0. The normalized spacial score (nSPS) is 10.8. The van der Waals surface area contributed by atoms with Crippen molar-refractivity contribution in [1.29, 1.82) is 0 Å². The van der Waals surface area contributed by atoms with E-state index in [1.54, 1.807) is 0 Å². The molecule has 0 radical (unpaired) electrons. The maximum atomic E-state index is 10.2. The molecule has 0 unspecified atom stereocenters. The number of nitrogens with two attached hydrogens (primary N) is 1. The maximum Gasteiger partial charge on any atom is 1.00 e. The Morgan fingerprint density at radius 3 is 2.33 bits per heavy atom. The van der Waals surface area contributed by atoms with E-state index in [0.717, 1.165) is 25.7 Å². The summed E-state index contributed by atoms with van der Waals surface area (Å²) in [4.78, 5) is 0. The quantitative estimate of drug-likeness (QED) is 0.399. The first-order valence-electron chi connectivity index (χ1n) is 3.73. The molecule has 6 heteroatoms. The van der Waals surface area contributed by atoms with Gasteiger partial charge >= 0.3 is 39.9 Å². The van der Waals surface area contributed by atoms with Gasteiger partial charge in [-0.2, -0.15) is 8.42 Å². The molecule has 0 saturated heterocycles. The first kappa shape index (κ1) is 15.3. The molecule has 0 spiro atoms. The topological polar surface area (TPSA) is 69.4 Å². The molecule has 4 nitrogen and oxygen atoms in total. The third-order valence-electron chi connectivity index (χ3n) is 1.25. The Morgan fingerprint density at radius 2 is 1.92 bits per heavy atom. The fraction of sp³-hybridized carbons (Fsp3) is 1.00. The second-order valence-electron chi connectivity index (χ2n) is 2.38. The first-order valence-corrected chi connectivity index (χ1v) is 5.20. The number of hydrogen-bond donors (Lipinski definition) is 1. The molecule has 0 aliphatic carbocycles. The molecule has 0 amide bonds. The Morgan fingerprint density at radius 1 is 1.33 bits per heavy atom. The predicted molar refractivity (Wildman–Crippen MR) is 44.3 cm³/mol. The first-order chi connectivity index (χ1) is 5.06. The monoisotopic (exact) mass is 205 g/mol. The van der Waals surface area contributed by atoms with Crippen LogP contribution in [0.15, 0.2) is 0 Å². The van der Waals surface area contributed by atoms with Crippen molar-refractivity contribution in [3.05, 3.63) is 0 Å². The van der Waals surface area contributed by atoms with Crippen molar-refractivity contribution in [2.75, 3.05) is 6.61 Å². The van der Waals surface area contributed by atoms with Crippen molar-refractivity contribution in [2.45, 2.75) is 32.6 Å². The molecule has 0 aromatic rings. The molecule has 0 aromatic heterocycles. The zero-order chi connectivity index (χ0) is 8.74. The maximum absolute atomic E-state index is 10.2. The SMILES string of the molecule is CCCCCCOS(N)(=O)=O.[H-].[Na+]. The van der Waals surface area contributed by atoms with Gasteiger partial charge in [-0.05, 0) is 6.42 Å². The van der Waals surface area contributed by atoms with Crippen LogP contribution in [0.25, 0.3) is 0 Å². The average molecular weight is 205 g/mol. The summed E-state index contributed by atoms with van der Waals surface area (Å²) < 4.78 is 24.8. The van der Waals surface area contributed by atoms with Crippen molar-refractivity contribution in [2.24, 2.45) is 5.14 Å². The van der Waals surface area contributed by atoms with Crippen LogP contribution in [0.3, 0.4) is 0 Å². The molecule has 0 saturated carbocycles. The zero-order valence-electron chi connectivity index (χ0n) is 8.75. The second kappa shape index (κ2) is 8.47. The standard InChI is InChI=1S/C6H15NO3S.Na.H/c1-2-3-4-5-6-10-11(7,8)9;;/h2-6H2,1H3,(H2,7,8,9);;/q;+1;-1. The summed E-state index contributed by atoms with van der Waals surface area (Å²) in [6.45, 7) is 2.29. The van der Waals surface area contributed by atoms with Crippen LogP contribution >= 0.6 is 0 Å². The third-order valence-corrected chi connectivity index (χ3v) is 1.74. The molecular formula is C6H16NNaO3S. The smallest absolute Gasteiger partial charge is 1.00 e. The zero-order valence-corrected chi connectivity index (χ0v) is 10.6. The fourth-order valence-corrected chi connectivity index (χ4v) is 1.05. The fourth-order valence-electron chi connectivity index (χ4n) is 0.704. The average Bonchev–Trinajstić information content (AvgIpc) is 1.85. The van der Waals surface area contributed by atoms with E-state index in [2.05, 4.69) is 16.2 Å². The van der Waals surface area contributed by atoms with Gasteiger partial charge in [0.15, 0.2) is 0 Å². The van der Waals surface area contributed by atoms with Crippen LogP contribution in [0.4, 0.5) is 0 Å². The largest absolute Gasteiger partial charge is 1.00 e. The van der Waals surface area contributed by atoms with Crippen LogP contribution in [-0.2, 0) is 14.5 Å². The van der Waals surface area contributed by atoms with Crippen molar-refractivity contribution in [1.82, 2.24) is 0 Å². The molecule has 0 fully saturated rings. The van der Waals surface area contributed by atoms with E-state index in [1.165, 1.54) is 0 Å². The molecule has 0 aliphatic heterocycles. The van der Waals surface area contributed by atoms with E-state index < -0.39 is 10.3 Å². The van der Waals surface area contributed by atoms with Gasteiger partial charge in [-0.15, -0.1) is 0 Å². The van der Waals surface area contributed by atoms with E-state index in [1.807, 2.05) is 0 Å². The summed E-state index contributed by atoms with van der Waals surface area (Å²) in [7, 11) is -3.71. The number of unbranched alkanes of at least 4 members (excludes halogenated alkanes) is 3. The Hall–Kier alpha value is 0.870. The molecule has 0 bridgehead atoms. The Balaban J connectivity index is -0.000000500. The van der Waals surface area contributed by atoms with Gasteiger partial charge in [0.05, 0.1) is 6.61 Å². The van der Waals surface area contributed by atoms with Crippen molar-refractivity contribution < 1.29 is 43.6 Å². The van der Waals surface area contributed by atoms with Gasteiger partial charge in [-0.1, -0.05) is 26.2 Å².